The second kappa shape index (κ2) is 7.48. The van der Waals surface area contributed by atoms with Gasteiger partial charge in [0.1, 0.15) is 5.69 Å². The van der Waals surface area contributed by atoms with Gasteiger partial charge in [-0.2, -0.15) is 0 Å². The van der Waals surface area contributed by atoms with Crippen molar-refractivity contribution >= 4 is 5.97 Å². The molecular formula is C16H26N2O2. The number of methoxy groups -OCH3 is 1. The van der Waals surface area contributed by atoms with Crippen molar-refractivity contribution < 1.29 is 9.53 Å². The third-order valence-electron chi connectivity index (χ3n) is 4.37. The van der Waals surface area contributed by atoms with Crippen LogP contribution in [0.2, 0.25) is 0 Å². The van der Waals surface area contributed by atoms with Crippen LogP contribution in [-0.2, 0) is 11.3 Å². The van der Waals surface area contributed by atoms with Crippen LogP contribution in [0.5, 0.6) is 0 Å². The minimum absolute atomic E-state index is 0.312. The van der Waals surface area contributed by atoms with Gasteiger partial charge in [-0.1, -0.05) is 25.7 Å². The molecule has 1 atom stereocenters. The van der Waals surface area contributed by atoms with Crippen molar-refractivity contribution in [3.63, 3.8) is 0 Å². The number of hydrogen-bond acceptors (Lipinski definition) is 3. The molecule has 0 aliphatic heterocycles. The first kappa shape index (κ1) is 15.1. The van der Waals surface area contributed by atoms with Crippen molar-refractivity contribution in [3.05, 3.63) is 23.5 Å². The van der Waals surface area contributed by atoms with Crippen LogP contribution in [-0.4, -0.2) is 24.1 Å². The monoisotopic (exact) mass is 278 g/mol. The Morgan fingerprint density at radius 1 is 1.35 bits per heavy atom. The second-order valence-electron chi connectivity index (χ2n) is 5.81. The first-order valence-electron chi connectivity index (χ1n) is 7.70. The molecule has 0 bridgehead atoms. The molecule has 1 heterocycles. The van der Waals surface area contributed by atoms with E-state index in [4.69, 9.17) is 4.74 Å². The number of carbonyl (C=O) groups excluding carboxylic acids is 1. The molecule has 1 aliphatic carbocycles. The summed E-state index contributed by atoms with van der Waals surface area (Å²) in [6.07, 6.45) is 8.20. The van der Waals surface area contributed by atoms with Crippen LogP contribution in [0, 0.1) is 5.92 Å². The molecule has 4 nitrogen and oxygen atoms in total. The molecule has 0 saturated heterocycles. The summed E-state index contributed by atoms with van der Waals surface area (Å²) in [5.41, 5.74) is 1.55. The zero-order valence-corrected chi connectivity index (χ0v) is 12.6. The quantitative estimate of drug-likeness (QED) is 0.642. The van der Waals surface area contributed by atoms with Crippen LogP contribution in [0.4, 0.5) is 0 Å². The van der Waals surface area contributed by atoms with Crippen LogP contribution in [0.15, 0.2) is 12.1 Å². The smallest absolute Gasteiger partial charge is 0.354 e. The number of aromatic amines is 1. The summed E-state index contributed by atoms with van der Waals surface area (Å²) in [5.74, 6) is 0.473. The van der Waals surface area contributed by atoms with Crippen molar-refractivity contribution in [2.24, 2.45) is 5.92 Å². The fraction of sp³-hybridized carbons (Fsp3) is 0.688. The van der Waals surface area contributed by atoms with Crippen LogP contribution in [0.25, 0.3) is 0 Å². The van der Waals surface area contributed by atoms with Gasteiger partial charge in [-0.3, -0.25) is 0 Å². The molecule has 0 radical (unpaired) electrons. The minimum atomic E-state index is -0.312. The molecule has 20 heavy (non-hydrogen) atoms. The SMILES string of the molecule is COC(=O)c1ccc(CN[C@@H](C)C2CCCCCC2)[nH]1. The number of H-pyrrole nitrogens is 1. The van der Waals surface area contributed by atoms with Gasteiger partial charge < -0.3 is 15.0 Å². The number of hydrogen-bond donors (Lipinski definition) is 2. The first-order chi connectivity index (χ1) is 9.70. The summed E-state index contributed by atoms with van der Waals surface area (Å²) in [5, 5.41) is 3.58. The number of rotatable bonds is 5. The highest BCUT2D eigenvalue weighted by atomic mass is 16.5. The van der Waals surface area contributed by atoms with Gasteiger partial charge in [0.2, 0.25) is 0 Å². The van der Waals surface area contributed by atoms with Crippen molar-refractivity contribution in [3.8, 4) is 0 Å². The Bertz CT molecular complexity index is 420. The Morgan fingerprint density at radius 2 is 2.05 bits per heavy atom. The molecule has 1 saturated carbocycles. The van der Waals surface area contributed by atoms with Gasteiger partial charge in [-0.05, 0) is 37.8 Å². The molecule has 0 aromatic carbocycles. The molecule has 1 aliphatic rings. The lowest BCUT2D eigenvalue weighted by atomic mass is 9.93. The van der Waals surface area contributed by atoms with Crippen molar-refractivity contribution in [2.75, 3.05) is 7.11 Å². The number of carbonyl (C=O) groups is 1. The average Bonchev–Trinajstić information content (AvgIpc) is 2.77. The lowest BCUT2D eigenvalue weighted by Crippen LogP contribution is -2.33. The number of ether oxygens (including phenoxy) is 1. The minimum Gasteiger partial charge on any atom is -0.464 e. The van der Waals surface area contributed by atoms with Crippen LogP contribution >= 0.6 is 0 Å². The number of aromatic nitrogens is 1. The van der Waals surface area contributed by atoms with Crippen LogP contribution in [0.3, 0.4) is 0 Å². The molecule has 1 fully saturated rings. The fourth-order valence-electron chi connectivity index (χ4n) is 3.02. The Labute approximate surface area is 121 Å². The predicted molar refractivity (Wildman–Crippen MR) is 79.6 cm³/mol. The van der Waals surface area contributed by atoms with Gasteiger partial charge in [0, 0.05) is 18.3 Å². The molecule has 2 N–H and O–H groups in total. The highest BCUT2D eigenvalue weighted by Gasteiger charge is 2.18. The maximum absolute atomic E-state index is 11.4. The lowest BCUT2D eigenvalue weighted by molar-refractivity contribution is 0.0594. The van der Waals surface area contributed by atoms with E-state index in [1.807, 2.05) is 6.07 Å². The van der Waals surface area contributed by atoms with E-state index in [9.17, 15) is 4.79 Å². The largest absolute Gasteiger partial charge is 0.464 e. The third-order valence-corrected chi connectivity index (χ3v) is 4.37. The van der Waals surface area contributed by atoms with Crippen LogP contribution in [0.1, 0.15) is 61.6 Å². The molecule has 0 amide bonds. The van der Waals surface area contributed by atoms with Crippen molar-refractivity contribution in [2.45, 2.75) is 58.0 Å². The van der Waals surface area contributed by atoms with Gasteiger partial charge in [0.05, 0.1) is 7.11 Å². The molecule has 2 rings (SSSR count). The Morgan fingerprint density at radius 3 is 2.70 bits per heavy atom. The normalized spacial score (nSPS) is 18.5. The molecule has 0 unspecified atom stereocenters. The van der Waals surface area contributed by atoms with E-state index in [-0.39, 0.29) is 5.97 Å². The first-order valence-corrected chi connectivity index (χ1v) is 7.70. The van der Waals surface area contributed by atoms with E-state index in [1.54, 1.807) is 6.07 Å². The molecule has 0 spiro atoms. The van der Waals surface area contributed by atoms with E-state index in [1.165, 1.54) is 45.6 Å². The number of esters is 1. The number of nitrogens with one attached hydrogen (secondary N) is 2. The summed E-state index contributed by atoms with van der Waals surface area (Å²) in [7, 11) is 1.40. The molecule has 112 valence electrons. The average molecular weight is 278 g/mol. The highest BCUT2D eigenvalue weighted by molar-refractivity contribution is 5.87. The summed E-state index contributed by atoms with van der Waals surface area (Å²) >= 11 is 0. The van der Waals surface area contributed by atoms with E-state index in [2.05, 4.69) is 17.2 Å². The summed E-state index contributed by atoms with van der Waals surface area (Å²) in [6, 6.07) is 4.25. The van der Waals surface area contributed by atoms with E-state index < -0.39 is 0 Å². The predicted octanol–water partition coefficient (Wildman–Crippen LogP) is 3.25. The molecule has 1 aromatic heterocycles. The standard InChI is InChI=1S/C16H26N2O2/c1-12(13-7-5-3-4-6-8-13)17-11-14-9-10-15(18-14)16(19)20-2/h9-10,12-13,17-18H,3-8,11H2,1-2H3/t12-/m0/s1. The Balaban J connectivity index is 1.81. The third kappa shape index (κ3) is 4.10. The van der Waals surface area contributed by atoms with Gasteiger partial charge >= 0.3 is 5.97 Å². The van der Waals surface area contributed by atoms with Gasteiger partial charge in [-0.15, -0.1) is 0 Å². The molecule has 4 heteroatoms. The lowest BCUT2D eigenvalue weighted by Gasteiger charge is -2.23. The zero-order chi connectivity index (χ0) is 14.4. The zero-order valence-electron chi connectivity index (χ0n) is 12.6. The van der Waals surface area contributed by atoms with E-state index in [0.29, 0.717) is 11.7 Å². The topological polar surface area (TPSA) is 54.1 Å². The van der Waals surface area contributed by atoms with Crippen LogP contribution < -0.4 is 5.32 Å². The maximum atomic E-state index is 11.4. The second-order valence-corrected chi connectivity index (χ2v) is 5.81. The van der Waals surface area contributed by atoms with E-state index in [0.717, 1.165) is 18.2 Å². The maximum Gasteiger partial charge on any atom is 0.354 e. The van der Waals surface area contributed by atoms with Gasteiger partial charge in [-0.25, -0.2) is 4.79 Å². The van der Waals surface area contributed by atoms with Crippen molar-refractivity contribution in [1.82, 2.24) is 10.3 Å². The summed E-state index contributed by atoms with van der Waals surface area (Å²) < 4.78 is 4.69. The highest BCUT2D eigenvalue weighted by Crippen LogP contribution is 2.25. The van der Waals surface area contributed by atoms with Gasteiger partial charge in [0.15, 0.2) is 0 Å². The summed E-state index contributed by atoms with van der Waals surface area (Å²) in [6.45, 7) is 3.05. The summed E-state index contributed by atoms with van der Waals surface area (Å²) in [4.78, 5) is 14.5. The Kier molecular flexibility index (Phi) is 5.65. The van der Waals surface area contributed by atoms with Crippen molar-refractivity contribution in [1.29, 1.82) is 0 Å². The molecule has 1 aromatic rings. The fourth-order valence-corrected chi connectivity index (χ4v) is 3.02. The van der Waals surface area contributed by atoms with Gasteiger partial charge in [0.25, 0.3) is 0 Å². The molecular weight excluding hydrogens is 252 g/mol. The van der Waals surface area contributed by atoms with E-state index >= 15 is 0 Å². The Hall–Kier alpha value is -1.29.